The van der Waals surface area contributed by atoms with Gasteiger partial charge in [0.25, 0.3) is 0 Å². The number of rotatable bonds is 3. The van der Waals surface area contributed by atoms with Crippen LogP contribution in [0.1, 0.15) is 16.8 Å². The van der Waals surface area contributed by atoms with E-state index in [1.54, 1.807) is 20.0 Å². The molecule has 0 fully saturated rings. The first-order valence-electron chi connectivity index (χ1n) is 5.88. The van der Waals surface area contributed by atoms with Gasteiger partial charge in [0.2, 0.25) is 0 Å². The number of para-hydroxylation sites is 1. The number of hydrogen-bond donors (Lipinski definition) is 1. The average molecular weight is 304 g/mol. The largest absolute Gasteiger partial charge is 0.418 e. The number of aryl methyl sites for hydroxylation is 2. The van der Waals surface area contributed by atoms with Crippen LogP contribution in [0.2, 0.25) is 5.15 Å². The zero-order valence-electron chi connectivity index (χ0n) is 10.9. The van der Waals surface area contributed by atoms with Gasteiger partial charge in [-0.3, -0.25) is 4.68 Å². The minimum Gasteiger partial charge on any atom is -0.380 e. The minimum absolute atomic E-state index is 0.0271. The summed E-state index contributed by atoms with van der Waals surface area (Å²) in [5.74, 6) is 0. The Morgan fingerprint density at radius 2 is 1.95 bits per heavy atom. The highest BCUT2D eigenvalue weighted by Crippen LogP contribution is 2.35. The first-order valence-corrected chi connectivity index (χ1v) is 6.26. The van der Waals surface area contributed by atoms with Crippen molar-refractivity contribution in [1.29, 1.82) is 0 Å². The van der Waals surface area contributed by atoms with Gasteiger partial charge in [0.1, 0.15) is 5.15 Å². The average Bonchev–Trinajstić information content (AvgIpc) is 2.60. The highest BCUT2D eigenvalue weighted by atomic mass is 35.5. The monoisotopic (exact) mass is 303 g/mol. The Balaban J connectivity index is 2.24. The van der Waals surface area contributed by atoms with Crippen LogP contribution in [0.25, 0.3) is 0 Å². The van der Waals surface area contributed by atoms with Crippen molar-refractivity contribution in [3.63, 3.8) is 0 Å². The van der Waals surface area contributed by atoms with E-state index in [1.807, 2.05) is 0 Å². The molecule has 1 N–H and O–H groups in total. The van der Waals surface area contributed by atoms with E-state index < -0.39 is 11.7 Å². The fourth-order valence-corrected chi connectivity index (χ4v) is 2.18. The van der Waals surface area contributed by atoms with Gasteiger partial charge in [-0.1, -0.05) is 23.7 Å². The standard InChI is InChI=1S/C13H13ClF3N3/c1-8-9(12(14)20(2)19-8)7-18-11-6-4-3-5-10(11)13(15,16)17/h3-6,18H,7H2,1-2H3. The second-order valence-corrected chi connectivity index (χ2v) is 4.73. The van der Waals surface area contributed by atoms with E-state index in [0.29, 0.717) is 16.4 Å². The molecular formula is C13H13ClF3N3. The molecule has 7 heteroatoms. The molecule has 0 saturated heterocycles. The van der Waals surface area contributed by atoms with Crippen LogP contribution < -0.4 is 5.32 Å². The highest BCUT2D eigenvalue weighted by molar-refractivity contribution is 6.30. The number of nitrogens with one attached hydrogen (secondary N) is 1. The summed E-state index contributed by atoms with van der Waals surface area (Å²) in [6.45, 7) is 1.95. The van der Waals surface area contributed by atoms with E-state index in [2.05, 4.69) is 10.4 Å². The quantitative estimate of drug-likeness (QED) is 0.928. The molecule has 0 aliphatic rings. The van der Waals surface area contributed by atoms with Gasteiger partial charge in [0, 0.05) is 24.8 Å². The van der Waals surface area contributed by atoms with Gasteiger partial charge in [-0.25, -0.2) is 0 Å². The van der Waals surface area contributed by atoms with Crippen molar-refractivity contribution in [2.45, 2.75) is 19.6 Å². The Bertz CT molecular complexity index is 620. The van der Waals surface area contributed by atoms with Crippen molar-refractivity contribution >= 4 is 17.3 Å². The molecular weight excluding hydrogens is 291 g/mol. The van der Waals surface area contributed by atoms with Gasteiger partial charge in [-0.2, -0.15) is 18.3 Å². The molecule has 1 aromatic carbocycles. The Morgan fingerprint density at radius 1 is 1.30 bits per heavy atom. The summed E-state index contributed by atoms with van der Waals surface area (Å²) in [6.07, 6.45) is -4.39. The van der Waals surface area contributed by atoms with E-state index in [0.717, 1.165) is 6.07 Å². The van der Waals surface area contributed by atoms with E-state index >= 15 is 0 Å². The maximum Gasteiger partial charge on any atom is 0.418 e. The number of aromatic nitrogens is 2. The molecule has 1 aromatic heterocycles. The maximum absolute atomic E-state index is 12.9. The smallest absolute Gasteiger partial charge is 0.380 e. The SMILES string of the molecule is Cc1nn(C)c(Cl)c1CNc1ccccc1C(F)(F)F. The summed E-state index contributed by atoms with van der Waals surface area (Å²) in [5.41, 5.74) is 0.706. The molecule has 0 saturated carbocycles. The third-order valence-electron chi connectivity index (χ3n) is 2.96. The summed E-state index contributed by atoms with van der Waals surface area (Å²) in [7, 11) is 1.68. The van der Waals surface area contributed by atoms with Gasteiger partial charge in [-0.15, -0.1) is 0 Å². The lowest BCUT2D eigenvalue weighted by atomic mass is 10.1. The van der Waals surface area contributed by atoms with Crippen LogP contribution in [-0.4, -0.2) is 9.78 Å². The van der Waals surface area contributed by atoms with E-state index in [1.165, 1.54) is 16.8 Å². The molecule has 0 aliphatic carbocycles. The molecule has 0 atom stereocenters. The third-order valence-corrected chi connectivity index (χ3v) is 3.43. The first kappa shape index (κ1) is 14.7. The predicted octanol–water partition coefficient (Wildman–Crippen LogP) is 4.01. The molecule has 108 valence electrons. The molecule has 1 heterocycles. The minimum atomic E-state index is -4.39. The van der Waals surface area contributed by atoms with Crippen molar-refractivity contribution < 1.29 is 13.2 Å². The number of halogens is 4. The van der Waals surface area contributed by atoms with E-state index in [4.69, 9.17) is 11.6 Å². The second-order valence-electron chi connectivity index (χ2n) is 4.38. The molecule has 2 rings (SSSR count). The molecule has 0 radical (unpaired) electrons. The molecule has 20 heavy (non-hydrogen) atoms. The fraction of sp³-hybridized carbons (Fsp3) is 0.308. The highest BCUT2D eigenvalue weighted by Gasteiger charge is 2.33. The van der Waals surface area contributed by atoms with Crippen molar-refractivity contribution in [3.8, 4) is 0 Å². The van der Waals surface area contributed by atoms with Crippen molar-refractivity contribution in [2.24, 2.45) is 7.05 Å². The lowest BCUT2D eigenvalue weighted by Crippen LogP contribution is -2.11. The molecule has 0 amide bonds. The zero-order chi connectivity index (χ0) is 14.9. The normalized spacial score (nSPS) is 11.7. The molecule has 3 nitrogen and oxygen atoms in total. The van der Waals surface area contributed by atoms with E-state index in [9.17, 15) is 13.2 Å². The van der Waals surface area contributed by atoms with Crippen LogP contribution in [-0.2, 0) is 19.8 Å². The number of anilines is 1. The summed E-state index contributed by atoms with van der Waals surface area (Å²) >= 11 is 6.05. The topological polar surface area (TPSA) is 29.9 Å². The summed E-state index contributed by atoms with van der Waals surface area (Å²) in [4.78, 5) is 0. The van der Waals surface area contributed by atoms with Crippen molar-refractivity contribution in [3.05, 3.63) is 46.2 Å². The van der Waals surface area contributed by atoms with E-state index in [-0.39, 0.29) is 12.2 Å². The molecule has 0 spiro atoms. The summed E-state index contributed by atoms with van der Waals surface area (Å²) < 4.78 is 40.1. The predicted molar refractivity (Wildman–Crippen MR) is 71.7 cm³/mol. The maximum atomic E-state index is 12.9. The Morgan fingerprint density at radius 3 is 2.50 bits per heavy atom. The van der Waals surface area contributed by atoms with Crippen molar-refractivity contribution in [2.75, 3.05) is 5.32 Å². The number of nitrogens with zero attached hydrogens (tertiary/aromatic N) is 2. The fourth-order valence-electron chi connectivity index (χ4n) is 1.94. The molecule has 0 aliphatic heterocycles. The van der Waals surface area contributed by atoms with Crippen molar-refractivity contribution in [1.82, 2.24) is 9.78 Å². The lowest BCUT2D eigenvalue weighted by Gasteiger charge is -2.14. The van der Waals surface area contributed by atoms with Gasteiger partial charge in [-0.05, 0) is 19.1 Å². The Hall–Kier alpha value is -1.69. The molecule has 0 bridgehead atoms. The summed E-state index contributed by atoms with van der Waals surface area (Å²) in [6, 6.07) is 5.34. The van der Waals surface area contributed by atoms with Crippen LogP contribution in [0.15, 0.2) is 24.3 Å². The number of alkyl halides is 3. The van der Waals surface area contributed by atoms with Crippen LogP contribution >= 0.6 is 11.6 Å². The molecule has 2 aromatic rings. The van der Waals surface area contributed by atoms with Gasteiger partial charge < -0.3 is 5.32 Å². The van der Waals surface area contributed by atoms with Crippen LogP contribution in [0, 0.1) is 6.92 Å². The first-order chi connectivity index (χ1) is 9.30. The van der Waals surface area contributed by atoms with Gasteiger partial charge in [0.15, 0.2) is 0 Å². The van der Waals surface area contributed by atoms with Crippen LogP contribution in [0.5, 0.6) is 0 Å². The third kappa shape index (κ3) is 2.90. The number of benzene rings is 1. The number of hydrogen-bond acceptors (Lipinski definition) is 2. The Kier molecular flexibility index (Phi) is 3.94. The van der Waals surface area contributed by atoms with Gasteiger partial charge in [0.05, 0.1) is 11.3 Å². The van der Waals surface area contributed by atoms with Gasteiger partial charge >= 0.3 is 6.18 Å². The zero-order valence-corrected chi connectivity index (χ0v) is 11.7. The Labute approximate surface area is 119 Å². The second kappa shape index (κ2) is 5.36. The van der Waals surface area contributed by atoms with Crippen LogP contribution in [0.4, 0.5) is 18.9 Å². The van der Waals surface area contributed by atoms with Crippen LogP contribution in [0.3, 0.4) is 0 Å². The summed E-state index contributed by atoms with van der Waals surface area (Å²) in [5, 5.41) is 7.31. The molecule has 0 unspecified atom stereocenters. The lowest BCUT2D eigenvalue weighted by molar-refractivity contribution is -0.136.